The fraction of sp³-hybridized carbons (Fsp3) is 0.923. The van der Waals surface area contributed by atoms with Gasteiger partial charge >= 0.3 is 0 Å². The van der Waals surface area contributed by atoms with Crippen LogP contribution < -0.4 is 5.32 Å². The molecule has 0 bridgehead atoms. The molecule has 0 unspecified atom stereocenters. The summed E-state index contributed by atoms with van der Waals surface area (Å²) in [6, 6.07) is 0. The van der Waals surface area contributed by atoms with Crippen molar-refractivity contribution >= 4 is 5.91 Å². The SMILES string of the molecule is CC1CCC(C(=O)NCC2(C)COC2)CC1. The van der Waals surface area contributed by atoms with Crippen molar-refractivity contribution in [3.63, 3.8) is 0 Å². The van der Waals surface area contributed by atoms with Crippen LogP contribution in [-0.4, -0.2) is 25.7 Å². The molecule has 1 heterocycles. The van der Waals surface area contributed by atoms with E-state index >= 15 is 0 Å². The summed E-state index contributed by atoms with van der Waals surface area (Å²) in [6.45, 7) is 6.79. The Hall–Kier alpha value is -0.570. The lowest BCUT2D eigenvalue weighted by molar-refractivity contribution is -0.131. The maximum Gasteiger partial charge on any atom is 0.223 e. The van der Waals surface area contributed by atoms with E-state index in [1.165, 1.54) is 12.8 Å². The van der Waals surface area contributed by atoms with Crippen LogP contribution in [0, 0.1) is 17.3 Å². The number of hydrogen-bond acceptors (Lipinski definition) is 2. The number of amides is 1. The first-order chi connectivity index (χ1) is 7.59. The summed E-state index contributed by atoms with van der Waals surface area (Å²) in [5.41, 5.74) is 0.192. The van der Waals surface area contributed by atoms with E-state index in [0.29, 0.717) is 0 Å². The Morgan fingerprint density at radius 3 is 2.44 bits per heavy atom. The van der Waals surface area contributed by atoms with E-state index in [-0.39, 0.29) is 17.2 Å². The monoisotopic (exact) mass is 225 g/mol. The van der Waals surface area contributed by atoms with Crippen LogP contribution in [0.3, 0.4) is 0 Å². The maximum atomic E-state index is 11.9. The highest BCUT2D eigenvalue weighted by Gasteiger charge is 2.34. The summed E-state index contributed by atoms with van der Waals surface area (Å²) in [5, 5.41) is 3.09. The van der Waals surface area contributed by atoms with Crippen LogP contribution in [0.1, 0.15) is 39.5 Å². The standard InChI is InChI=1S/C13H23NO2/c1-10-3-5-11(6-4-10)12(15)14-7-13(2)8-16-9-13/h10-11H,3-9H2,1-2H3,(H,14,15). The van der Waals surface area contributed by atoms with E-state index in [4.69, 9.17) is 4.74 Å². The van der Waals surface area contributed by atoms with Gasteiger partial charge in [0.1, 0.15) is 0 Å². The van der Waals surface area contributed by atoms with E-state index in [1.54, 1.807) is 0 Å². The van der Waals surface area contributed by atoms with Crippen LogP contribution >= 0.6 is 0 Å². The summed E-state index contributed by atoms with van der Waals surface area (Å²) < 4.78 is 5.18. The van der Waals surface area contributed by atoms with Crippen molar-refractivity contribution in [1.82, 2.24) is 5.32 Å². The molecular formula is C13H23NO2. The molecule has 0 spiro atoms. The van der Waals surface area contributed by atoms with Crippen molar-refractivity contribution < 1.29 is 9.53 Å². The second kappa shape index (κ2) is 4.74. The largest absolute Gasteiger partial charge is 0.380 e. The van der Waals surface area contributed by atoms with Crippen LogP contribution in [0.25, 0.3) is 0 Å². The van der Waals surface area contributed by atoms with Gasteiger partial charge in [-0.05, 0) is 31.6 Å². The normalized spacial score (nSPS) is 32.9. The molecule has 1 aliphatic carbocycles. The minimum absolute atomic E-state index is 0.192. The molecule has 0 radical (unpaired) electrons. The highest BCUT2D eigenvalue weighted by molar-refractivity contribution is 5.78. The summed E-state index contributed by atoms with van der Waals surface area (Å²) in [7, 11) is 0. The number of rotatable bonds is 3. The second-order valence-electron chi connectivity index (χ2n) is 5.98. The Bertz CT molecular complexity index is 253. The second-order valence-corrected chi connectivity index (χ2v) is 5.98. The van der Waals surface area contributed by atoms with Crippen molar-refractivity contribution in [1.29, 1.82) is 0 Å². The van der Waals surface area contributed by atoms with E-state index in [9.17, 15) is 4.79 Å². The maximum absolute atomic E-state index is 11.9. The third-order valence-corrected chi connectivity index (χ3v) is 3.98. The molecule has 3 heteroatoms. The van der Waals surface area contributed by atoms with E-state index < -0.39 is 0 Å². The van der Waals surface area contributed by atoms with Crippen LogP contribution in [-0.2, 0) is 9.53 Å². The summed E-state index contributed by atoms with van der Waals surface area (Å²) in [6.07, 6.45) is 4.55. The minimum atomic E-state index is 0.192. The van der Waals surface area contributed by atoms with Crippen LogP contribution in [0.5, 0.6) is 0 Å². The summed E-state index contributed by atoms with van der Waals surface area (Å²) in [4.78, 5) is 11.9. The van der Waals surface area contributed by atoms with Crippen molar-refractivity contribution in [2.24, 2.45) is 17.3 Å². The quantitative estimate of drug-likeness (QED) is 0.797. The topological polar surface area (TPSA) is 38.3 Å². The summed E-state index contributed by atoms with van der Waals surface area (Å²) in [5.74, 6) is 1.34. The number of nitrogens with one attached hydrogen (secondary N) is 1. The minimum Gasteiger partial charge on any atom is -0.380 e. The molecular weight excluding hydrogens is 202 g/mol. The van der Waals surface area contributed by atoms with Gasteiger partial charge in [0, 0.05) is 17.9 Å². The molecule has 1 amide bonds. The van der Waals surface area contributed by atoms with Gasteiger partial charge in [-0.15, -0.1) is 0 Å². The van der Waals surface area contributed by atoms with Gasteiger partial charge in [0.2, 0.25) is 5.91 Å². The first-order valence-electron chi connectivity index (χ1n) is 6.44. The molecule has 1 N–H and O–H groups in total. The van der Waals surface area contributed by atoms with E-state index in [2.05, 4.69) is 19.2 Å². The summed E-state index contributed by atoms with van der Waals surface area (Å²) >= 11 is 0. The molecule has 0 aromatic rings. The van der Waals surface area contributed by atoms with Crippen LogP contribution in [0.4, 0.5) is 0 Å². The van der Waals surface area contributed by atoms with E-state index in [1.807, 2.05) is 0 Å². The van der Waals surface area contributed by atoms with Gasteiger partial charge in [0.25, 0.3) is 0 Å². The van der Waals surface area contributed by atoms with Crippen molar-refractivity contribution in [3.05, 3.63) is 0 Å². The Morgan fingerprint density at radius 2 is 1.94 bits per heavy atom. The zero-order valence-corrected chi connectivity index (χ0v) is 10.4. The Labute approximate surface area is 97.9 Å². The Kier molecular flexibility index (Phi) is 3.53. The molecule has 92 valence electrons. The fourth-order valence-corrected chi connectivity index (χ4v) is 2.52. The smallest absolute Gasteiger partial charge is 0.223 e. The van der Waals surface area contributed by atoms with Gasteiger partial charge in [-0.1, -0.05) is 13.8 Å². The van der Waals surface area contributed by atoms with E-state index in [0.717, 1.165) is 38.5 Å². The number of ether oxygens (including phenoxy) is 1. The predicted octanol–water partition coefficient (Wildman–Crippen LogP) is 1.97. The average molecular weight is 225 g/mol. The molecule has 2 aliphatic rings. The number of carbonyl (C=O) groups excluding carboxylic acids is 1. The highest BCUT2D eigenvalue weighted by atomic mass is 16.5. The van der Waals surface area contributed by atoms with Crippen molar-refractivity contribution in [3.8, 4) is 0 Å². The molecule has 1 aliphatic heterocycles. The molecule has 2 rings (SSSR count). The first kappa shape index (κ1) is 11.9. The average Bonchev–Trinajstić information content (AvgIpc) is 2.24. The van der Waals surface area contributed by atoms with Crippen LogP contribution in [0.2, 0.25) is 0 Å². The van der Waals surface area contributed by atoms with Gasteiger partial charge in [-0.25, -0.2) is 0 Å². The predicted molar refractivity (Wildman–Crippen MR) is 63.1 cm³/mol. The van der Waals surface area contributed by atoms with Crippen LogP contribution in [0.15, 0.2) is 0 Å². The molecule has 16 heavy (non-hydrogen) atoms. The van der Waals surface area contributed by atoms with Gasteiger partial charge in [0.05, 0.1) is 13.2 Å². The highest BCUT2D eigenvalue weighted by Crippen LogP contribution is 2.29. The molecule has 1 saturated heterocycles. The lowest BCUT2D eigenvalue weighted by Gasteiger charge is -2.38. The lowest BCUT2D eigenvalue weighted by atomic mass is 9.82. The third-order valence-electron chi connectivity index (χ3n) is 3.98. The Balaban J connectivity index is 1.71. The van der Waals surface area contributed by atoms with Gasteiger partial charge in [-0.2, -0.15) is 0 Å². The molecule has 0 atom stereocenters. The zero-order chi connectivity index (χ0) is 11.6. The molecule has 1 saturated carbocycles. The molecule has 2 fully saturated rings. The molecule has 3 nitrogen and oxygen atoms in total. The first-order valence-corrected chi connectivity index (χ1v) is 6.44. The molecule has 0 aromatic heterocycles. The third kappa shape index (κ3) is 2.76. The number of hydrogen-bond donors (Lipinski definition) is 1. The van der Waals surface area contributed by atoms with Gasteiger partial charge < -0.3 is 10.1 Å². The van der Waals surface area contributed by atoms with Crippen molar-refractivity contribution in [2.45, 2.75) is 39.5 Å². The van der Waals surface area contributed by atoms with Gasteiger partial charge in [-0.3, -0.25) is 4.79 Å². The van der Waals surface area contributed by atoms with Crippen molar-refractivity contribution in [2.75, 3.05) is 19.8 Å². The lowest BCUT2D eigenvalue weighted by Crippen LogP contribution is -2.49. The zero-order valence-electron chi connectivity index (χ0n) is 10.4. The number of carbonyl (C=O) groups is 1. The fourth-order valence-electron chi connectivity index (χ4n) is 2.52. The Morgan fingerprint density at radius 1 is 1.31 bits per heavy atom. The van der Waals surface area contributed by atoms with Gasteiger partial charge in [0.15, 0.2) is 0 Å². The molecule has 0 aromatic carbocycles.